The van der Waals surface area contributed by atoms with E-state index in [0.717, 1.165) is 35.1 Å². The number of halogens is 2. The molecule has 220 valence electrons. The zero-order chi connectivity index (χ0) is 30.6. The number of esters is 2. The van der Waals surface area contributed by atoms with Crippen LogP contribution in [0.2, 0.25) is 10.0 Å². The number of hydrogen-bond acceptors (Lipinski definition) is 7. The van der Waals surface area contributed by atoms with Crippen LogP contribution in [-0.4, -0.2) is 36.0 Å². The topological polar surface area (TPSA) is 104 Å². The molecular weight excluding hydrogens is 579 g/mol. The van der Waals surface area contributed by atoms with E-state index >= 15 is 0 Å². The Bertz CT molecular complexity index is 1510. The van der Waals surface area contributed by atoms with Crippen molar-refractivity contribution in [3.05, 3.63) is 92.4 Å². The van der Waals surface area contributed by atoms with E-state index < -0.39 is 23.9 Å². The Morgan fingerprint density at radius 3 is 2.12 bits per heavy atom. The Balaban J connectivity index is 1.57. The number of aryl methyl sites for hydroxylation is 2. The maximum absolute atomic E-state index is 13.2. The van der Waals surface area contributed by atoms with Gasteiger partial charge < -0.3 is 19.5 Å². The van der Waals surface area contributed by atoms with E-state index in [-0.39, 0.29) is 23.6 Å². The number of pyridine rings is 1. The number of allylic oxidation sites excluding steroid dienone is 1. The van der Waals surface area contributed by atoms with Crippen molar-refractivity contribution in [2.24, 2.45) is 5.92 Å². The van der Waals surface area contributed by atoms with Gasteiger partial charge in [0.15, 0.2) is 11.4 Å². The van der Waals surface area contributed by atoms with Crippen molar-refractivity contribution in [1.82, 2.24) is 10.3 Å². The highest BCUT2D eigenvalue weighted by Crippen LogP contribution is 2.35. The number of amides is 1. The third kappa shape index (κ3) is 7.49. The minimum Gasteiger partial charge on any atom is -0.493 e. The second-order valence-electron chi connectivity index (χ2n) is 10.3. The van der Waals surface area contributed by atoms with Crippen LogP contribution in [0.4, 0.5) is 0 Å². The quantitative estimate of drug-likeness (QED) is 0.197. The Kier molecular flexibility index (Phi) is 9.91. The fourth-order valence-electron chi connectivity index (χ4n) is 4.35. The van der Waals surface area contributed by atoms with Gasteiger partial charge in [-0.3, -0.25) is 9.59 Å². The van der Waals surface area contributed by atoms with Crippen LogP contribution >= 0.6 is 23.2 Å². The lowest BCUT2D eigenvalue weighted by molar-refractivity contribution is -0.141. The molecule has 3 aromatic rings. The lowest BCUT2D eigenvalue weighted by Crippen LogP contribution is -2.40. The molecule has 0 unspecified atom stereocenters. The molecule has 10 heteroatoms. The molecule has 1 aromatic heterocycles. The second-order valence-corrected chi connectivity index (χ2v) is 11.1. The lowest BCUT2D eigenvalue weighted by atomic mass is 9.94. The maximum Gasteiger partial charge on any atom is 0.333 e. The van der Waals surface area contributed by atoms with E-state index in [1.807, 2.05) is 38.1 Å². The van der Waals surface area contributed by atoms with Crippen LogP contribution in [-0.2, 0) is 14.3 Å². The summed E-state index contributed by atoms with van der Waals surface area (Å²) in [4.78, 5) is 42.9. The highest BCUT2D eigenvalue weighted by atomic mass is 35.5. The Hall–Kier alpha value is -3.88. The molecule has 0 radical (unpaired) electrons. The molecule has 1 atom stereocenters. The summed E-state index contributed by atoms with van der Waals surface area (Å²) in [6, 6.07) is 11.5. The average Bonchev–Trinajstić information content (AvgIpc) is 3.76. The van der Waals surface area contributed by atoms with Crippen molar-refractivity contribution in [2.45, 2.75) is 53.0 Å². The highest BCUT2D eigenvalue weighted by Gasteiger charge is 2.29. The fraction of sp³-hybridized carbons (Fsp3) is 0.312. The summed E-state index contributed by atoms with van der Waals surface area (Å²) in [5, 5.41) is 3.81. The van der Waals surface area contributed by atoms with Crippen LogP contribution in [0.5, 0.6) is 11.5 Å². The van der Waals surface area contributed by atoms with Crippen molar-refractivity contribution >= 4 is 46.6 Å². The molecule has 0 spiro atoms. The number of methoxy groups -OCH3 is 1. The first-order valence-electron chi connectivity index (χ1n) is 13.5. The molecule has 1 aliphatic carbocycles. The van der Waals surface area contributed by atoms with E-state index in [2.05, 4.69) is 10.3 Å². The maximum atomic E-state index is 13.2. The molecule has 1 fully saturated rings. The Morgan fingerprint density at radius 1 is 1.00 bits per heavy atom. The molecule has 2 aromatic carbocycles. The Labute approximate surface area is 255 Å². The molecular formula is C32H32Cl2N2O6. The number of nitrogens with zero attached hydrogens (tertiary/aromatic N) is 1. The zero-order valence-electron chi connectivity index (χ0n) is 24.0. The van der Waals surface area contributed by atoms with Crippen molar-refractivity contribution in [1.29, 1.82) is 0 Å². The largest absolute Gasteiger partial charge is 0.493 e. The average molecular weight is 612 g/mol. The van der Waals surface area contributed by atoms with Gasteiger partial charge in [0.2, 0.25) is 5.75 Å². The first kappa shape index (κ1) is 31.1. The predicted molar refractivity (Wildman–Crippen MR) is 161 cm³/mol. The standard InChI is InChI=1S/C32H32Cl2N2O6/c1-17-14-22(8-10-24(17)33)28(23-9-11-25(34)18(2)15-23)20(4)41-32(39)19(3)36-31(38)29-30(26(40-5)12-13-35-29)42-27(37)16-21-6-7-21/h8-15,19,21H,6-7,16H2,1-5H3,(H,36,38)/t19-/m0/s1. The van der Waals surface area contributed by atoms with Gasteiger partial charge in [-0.2, -0.15) is 0 Å². The predicted octanol–water partition coefficient (Wildman–Crippen LogP) is 6.86. The number of nitrogens with one attached hydrogen (secondary N) is 1. The smallest absolute Gasteiger partial charge is 0.333 e. The molecule has 1 heterocycles. The lowest BCUT2D eigenvalue weighted by Gasteiger charge is -2.18. The van der Waals surface area contributed by atoms with Gasteiger partial charge in [-0.05, 0) is 93.0 Å². The van der Waals surface area contributed by atoms with E-state index in [0.29, 0.717) is 27.3 Å². The van der Waals surface area contributed by atoms with Crippen molar-refractivity contribution < 1.29 is 28.6 Å². The number of benzene rings is 2. The summed E-state index contributed by atoms with van der Waals surface area (Å²) in [6.07, 6.45) is 3.54. The summed E-state index contributed by atoms with van der Waals surface area (Å²) >= 11 is 12.5. The molecule has 1 amide bonds. The van der Waals surface area contributed by atoms with Crippen molar-refractivity contribution in [3.8, 4) is 11.5 Å². The minimum atomic E-state index is -1.07. The van der Waals surface area contributed by atoms with Gasteiger partial charge in [0, 0.05) is 34.3 Å². The molecule has 42 heavy (non-hydrogen) atoms. The second kappa shape index (κ2) is 13.4. The van der Waals surface area contributed by atoms with Crippen molar-refractivity contribution in [3.63, 3.8) is 0 Å². The molecule has 0 aliphatic heterocycles. The van der Waals surface area contributed by atoms with Crippen LogP contribution in [0.3, 0.4) is 0 Å². The van der Waals surface area contributed by atoms with Gasteiger partial charge in [-0.1, -0.05) is 35.3 Å². The van der Waals surface area contributed by atoms with Gasteiger partial charge >= 0.3 is 11.9 Å². The molecule has 0 saturated heterocycles. The van der Waals surface area contributed by atoms with Gasteiger partial charge in [0.25, 0.3) is 5.91 Å². The molecule has 1 saturated carbocycles. The number of carbonyl (C=O) groups is 3. The van der Waals surface area contributed by atoms with Crippen molar-refractivity contribution in [2.75, 3.05) is 7.11 Å². The molecule has 1 N–H and O–H groups in total. The number of rotatable bonds is 10. The first-order valence-corrected chi connectivity index (χ1v) is 14.2. The summed E-state index contributed by atoms with van der Waals surface area (Å²) < 4.78 is 16.6. The van der Waals surface area contributed by atoms with Crippen LogP contribution in [0.1, 0.15) is 65.9 Å². The van der Waals surface area contributed by atoms with Gasteiger partial charge in [-0.25, -0.2) is 9.78 Å². The summed E-state index contributed by atoms with van der Waals surface area (Å²) in [7, 11) is 1.40. The number of aromatic nitrogens is 1. The first-order chi connectivity index (χ1) is 20.0. The number of ether oxygens (including phenoxy) is 3. The SMILES string of the molecule is COc1ccnc(C(=O)N[C@@H](C)C(=O)OC(C)=C(c2ccc(Cl)c(C)c2)c2ccc(Cl)c(C)c2)c1OC(=O)CC1CC1. The van der Waals surface area contributed by atoms with Crippen LogP contribution in [0.15, 0.2) is 54.4 Å². The molecule has 0 bridgehead atoms. The summed E-state index contributed by atoms with van der Waals surface area (Å²) in [5.74, 6) is -1.22. The van der Waals surface area contributed by atoms with E-state index in [1.165, 1.54) is 26.3 Å². The van der Waals surface area contributed by atoms with Crippen LogP contribution in [0, 0.1) is 19.8 Å². The zero-order valence-corrected chi connectivity index (χ0v) is 25.6. The molecule has 1 aliphatic rings. The number of carbonyl (C=O) groups excluding carboxylic acids is 3. The Morgan fingerprint density at radius 2 is 1.60 bits per heavy atom. The third-order valence-corrected chi connectivity index (χ3v) is 7.72. The number of hydrogen-bond donors (Lipinski definition) is 1. The molecule has 8 nitrogen and oxygen atoms in total. The van der Waals surface area contributed by atoms with Gasteiger partial charge in [0.1, 0.15) is 11.8 Å². The molecule has 4 rings (SSSR count). The van der Waals surface area contributed by atoms with Gasteiger partial charge in [0.05, 0.1) is 7.11 Å². The fourth-order valence-corrected chi connectivity index (χ4v) is 4.59. The van der Waals surface area contributed by atoms with Gasteiger partial charge in [-0.15, -0.1) is 0 Å². The third-order valence-electron chi connectivity index (χ3n) is 6.87. The van der Waals surface area contributed by atoms with Crippen LogP contribution in [0.25, 0.3) is 5.57 Å². The van der Waals surface area contributed by atoms with Crippen LogP contribution < -0.4 is 14.8 Å². The highest BCUT2D eigenvalue weighted by molar-refractivity contribution is 6.31. The van der Waals surface area contributed by atoms with E-state index in [4.69, 9.17) is 37.4 Å². The van der Waals surface area contributed by atoms with E-state index in [1.54, 1.807) is 19.1 Å². The normalized spacial score (nSPS) is 13.1. The van der Waals surface area contributed by atoms with E-state index in [9.17, 15) is 14.4 Å². The monoisotopic (exact) mass is 610 g/mol. The summed E-state index contributed by atoms with van der Waals surface area (Å²) in [5.41, 5.74) is 3.78. The minimum absolute atomic E-state index is 0.0988. The summed E-state index contributed by atoms with van der Waals surface area (Å²) in [6.45, 7) is 6.95.